The number of fused-ring (bicyclic) bond motifs is 24. The average Bonchev–Trinajstić information content (AvgIpc) is 1.52. The maximum Gasteiger partial charge on any atom is 0.494 e. The van der Waals surface area contributed by atoms with E-state index in [1.807, 2.05) is 61.5 Å². The molecule has 3 aliphatic heterocycles. The van der Waals surface area contributed by atoms with Crippen molar-refractivity contribution in [2.75, 3.05) is 0 Å². The summed E-state index contributed by atoms with van der Waals surface area (Å²) in [5, 5.41) is 5.96. The standard InChI is InChI=1S/C35H29BO2.C29H17Cl.C12H24B2O4/c1-33(2)34(3,4)38-36(37-33)23-18-19-26-25-13-7-9-15-28(25)35(31(26)21-23)29-16-10-8-14-27(29)32-24-12-6-5-11-22(24)17-20-30(32)35;30-19-14-15-22-21-9-3-5-11-24(21)29(27(22)17-19)25-12-6-4-10-23(25)28-20-8-2-1-7-18(20)13-16-26(28)29;1-9(2)10(3,4)16-13(15-9)14-17-11(5,6)12(7,8)18-14/h5-21H,1-4H3;1-17H;1-8H3. The van der Waals surface area contributed by atoms with Crippen molar-refractivity contribution in [3.8, 4) is 44.5 Å². The molecule has 0 saturated carbocycles. The van der Waals surface area contributed by atoms with E-state index in [4.69, 9.17) is 39.5 Å². The molecule has 7 aliphatic rings. The molecule has 2 atom stereocenters. The van der Waals surface area contributed by atoms with Gasteiger partial charge in [-0.1, -0.05) is 206 Å². The van der Waals surface area contributed by atoms with E-state index in [0.29, 0.717) is 0 Å². The summed E-state index contributed by atoms with van der Waals surface area (Å²) < 4.78 is 36.9. The van der Waals surface area contributed by atoms with Crippen LogP contribution < -0.4 is 5.46 Å². The summed E-state index contributed by atoms with van der Waals surface area (Å²) in [7, 11) is -1.36. The Morgan fingerprint density at radius 1 is 0.279 bits per heavy atom. The lowest BCUT2D eigenvalue weighted by molar-refractivity contribution is 0.00578. The highest BCUT2D eigenvalue weighted by atomic mass is 35.5. The molecule has 17 rings (SSSR count). The Labute approximate surface area is 512 Å². The monoisotopic (exact) mass is 1150 g/mol. The SMILES string of the molecule is CC1(C)OB(B2OC(C)(C)C(C)(C)O2)OC1(C)C.CC1(C)OB(c2ccc3c(c2)C2(c4ccccc4-3)c3ccccc3-c3c2ccc2ccccc32)OC1(C)C.Clc1ccc2c(c1)C1(c3ccccc3-2)c2ccccc2-c2c1ccc1ccccc21. The van der Waals surface area contributed by atoms with Crippen molar-refractivity contribution >= 4 is 59.7 Å². The van der Waals surface area contributed by atoms with Gasteiger partial charge in [-0.05, 0) is 211 Å². The molecule has 10 aromatic carbocycles. The minimum atomic E-state index is -0.476. The lowest BCUT2D eigenvalue weighted by Crippen LogP contribution is -2.41. The molecular weight excluding hydrogens is 1080 g/mol. The maximum atomic E-state index is 6.58. The molecule has 6 nitrogen and oxygen atoms in total. The van der Waals surface area contributed by atoms with Gasteiger partial charge in [0.05, 0.1) is 44.4 Å². The normalized spacial score (nSPS) is 22.3. The molecule has 0 amide bonds. The fraction of sp³-hybridized carbons (Fsp3) is 0.263. The Morgan fingerprint density at radius 2 is 0.605 bits per heavy atom. The number of hydrogen-bond donors (Lipinski definition) is 0. The van der Waals surface area contributed by atoms with E-state index in [2.05, 4.69) is 228 Å². The van der Waals surface area contributed by atoms with Gasteiger partial charge in [0, 0.05) is 5.02 Å². The smallest absolute Gasteiger partial charge is 0.405 e. The van der Waals surface area contributed by atoms with E-state index in [9.17, 15) is 0 Å². The third-order valence-electron chi connectivity index (χ3n) is 21.2. The third-order valence-corrected chi connectivity index (χ3v) is 21.5. The Hall–Kier alpha value is -7.04. The van der Waals surface area contributed by atoms with Crippen LogP contribution in [0.15, 0.2) is 206 Å². The lowest BCUT2D eigenvalue weighted by atomic mass is 9.49. The van der Waals surface area contributed by atoms with E-state index in [1.165, 1.54) is 111 Å². The molecule has 0 bridgehead atoms. The van der Waals surface area contributed by atoms with Crippen LogP contribution in [-0.2, 0) is 38.8 Å². The lowest BCUT2D eigenvalue weighted by Gasteiger charge is -2.32. The van der Waals surface area contributed by atoms with Gasteiger partial charge in [0.2, 0.25) is 0 Å². The first-order chi connectivity index (χ1) is 41.0. The van der Waals surface area contributed by atoms with Gasteiger partial charge >= 0.3 is 21.1 Å². The predicted octanol–water partition coefficient (Wildman–Crippen LogP) is 17.6. The molecule has 3 heterocycles. The molecule has 3 fully saturated rings. The van der Waals surface area contributed by atoms with Crippen LogP contribution in [0.3, 0.4) is 0 Å². The second-order valence-electron chi connectivity index (χ2n) is 27.4. The highest BCUT2D eigenvalue weighted by molar-refractivity contribution is 7.11. The Balaban J connectivity index is 0.000000116. The molecule has 0 radical (unpaired) electrons. The zero-order valence-electron chi connectivity index (χ0n) is 51.2. The van der Waals surface area contributed by atoms with Crippen molar-refractivity contribution in [2.24, 2.45) is 0 Å². The second-order valence-corrected chi connectivity index (χ2v) is 27.9. The molecule has 426 valence electrons. The molecule has 2 spiro atoms. The van der Waals surface area contributed by atoms with E-state index < -0.39 is 21.1 Å². The van der Waals surface area contributed by atoms with E-state index in [1.54, 1.807) is 0 Å². The van der Waals surface area contributed by atoms with Crippen molar-refractivity contribution in [3.05, 3.63) is 256 Å². The first-order valence-electron chi connectivity index (χ1n) is 30.5. The van der Waals surface area contributed by atoms with Gasteiger partial charge in [0.25, 0.3) is 0 Å². The number of halogens is 1. The minimum absolute atomic E-state index is 0.327. The molecule has 4 aliphatic carbocycles. The molecule has 2 unspecified atom stereocenters. The summed E-state index contributed by atoms with van der Waals surface area (Å²) in [6.07, 6.45) is 0. The summed E-state index contributed by atoms with van der Waals surface area (Å²) in [5.41, 5.74) is 19.4. The largest absolute Gasteiger partial charge is 0.494 e. The second kappa shape index (κ2) is 19.0. The molecule has 10 aromatic rings. The van der Waals surface area contributed by atoms with Crippen molar-refractivity contribution in [1.82, 2.24) is 0 Å². The van der Waals surface area contributed by atoms with Gasteiger partial charge < -0.3 is 27.9 Å². The van der Waals surface area contributed by atoms with Gasteiger partial charge in [-0.3, -0.25) is 0 Å². The van der Waals surface area contributed by atoms with Crippen LogP contribution in [0.4, 0.5) is 0 Å². The van der Waals surface area contributed by atoms with Crippen LogP contribution in [0.5, 0.6) is 0 Å². The number of benzene rings is 10. The fourth-order valence-electron chi connectivity index (χ4n) is 14.9. The molecule has 86 heavy (non-hydrogen) atoms. The number of hydrogen-bond acceptors (Lipinski definition) is 6. The van der Waals surface area contributed by atoms with E-state index in [0.717, 1.165) is 10.5 Å². The average molecular weight is 1150 g/mol. The Bertz CT molecular complexity index is 4390. The van der Waals surface area contributed by atoms with Gasteiger partial charge in [-0.15, -0.1) is 0 Å². The molecular formula is C76H70B3ClO6. The highest BCUT2D eigenvalue weighted by Crippen LogP contribution is 2.66. The first-order valence-corrected chi connectivity index (χ1v) is 30.8. The molecule has 0 N–H and O–H groups in total. The summed E-state index contributed by atoms with van der Waals surface area (Å²) >= 11 is 6.58. The topological polar surface area (TPSA) is 55.4 Å². The van der Waals surface area contributed by atoms with E-state index >= 15 is 0 Å². The quantitative estimate of drug-likeness (QED) is 0.161. The van der Waals surface area contributed by atoms with Gasteiger partial charge in [-0.2, -0.15) is 0 Å². The zero-order chi connectivity index (χ0) is 59.7. The summed E-state index contributed by atoms with van der Waals surface area (Å²) in [6, 6.07) is 75.7. The van der Waals surface area contributed by atoms with Crippen LogP contribution in [0, 0.1) is 0 Å². The zero-order valence-corrected chi connectivity index (χ0v) is 51.9. The van der Waals surface area contributed by atoms with Crippen molar-refractivity contribution in [3.63, 3.8) is 0 Å². The minimum Gasteiger partial charge on any atom is -0.405 e. The summed E-state index contributed by atoms with van der Waals surface area (Å²) in [6.45, 7) is 24.7. The molecule has 10 heteroatoms. The molecule has 3 saturated heterocycles. The van der Waals surface area contributed by atoms with Gasteiger partial charge in [0.15, 0.2) is 0 Å². The van der Waals surface area contributed by atoms with E-state index in [-0.39, 0.29) is 44.4 Å². The first kappa shape index (κ1) is 55.5. The van der Waals surface area contributed by atoms with Crippen molar-refractivity contribution in [2.45, 2.75) is 128 Å². The van der Waals surface area contributed by atoms with Gasteiger partial charge in [-0.25, -0.2) is 0 Å². The summed E-state index contributed by atoms with van der Waals surface area (Å²) in [5.74, 6) is 0. The Morgan fingerprint density at radius 3 is 1.03 bits per heavy atom. The summed E-state index contributed by atoms with van der Waals surface area (Å²) in [4.78, 5) is 0. The highest BCUT2D eigenvalue weighted by Gasteiger charge is 2.64. The fourth-order valence-corrected chi connectivity index (χ4v) is 15.1. The Kier molecular flexibility index (Phi) is 12.3. The van der Waals surface area contributed by atoms with Crippen molar-refractivity contribution < 1.29 is 27.9 Å². The predicted molar refractivity (Wildman–Crippen MR) is 353 cm³/mol. The van der Waals surface area contributed by atoms with Crippen LogP contribution in [0.25, 0.3) is 66.1 Å². The van der Waals surface area contributed by atoms with Crippen LogP contribution in [0.1, 0.15) is 128 Å². The number of rotatable bonds is 2. The van der Waals surface area contributed by atoms with Crippen LogP contribution >= 0.6 is 11.6 Å². The molecule has 0 aromatic heterocycles. The van der Waals surface area contributed by atoms with Gasteiger partial charge in [0.1, 0.15) is 0 Å². The van der Waals surface area contributed by atoms with Crippen LogP contribution in [0.2, 0.25) is 5.02 Å². The maximum absolute atomic E-state index is 6.58. The van der Waals surface area contributed by atoms with Crippen LogP contribution in [-0.4, -0.2) is 54.7 Å². The third kappa shape index (κ3) is 7.71. The van der Waals surface area contributed by atoms with Crippen molar-refractivity contribution in [1.29, 1.82) is 0 Å².